The van der Waals surface area contributed by atoms with Gasteiger partial charge in [-0.05, 0) is 31.4 Å². The molecule has 0 bridgehead atoms. The first-order valence-corrected chi connectivity index (χ1v) is 9.24. The molecule has 0 amide bonds. The molecule has 27 heavy (non-hydrogen) atoms. The molecule has 4 rings (SSSR count). The number of aromatic nitrogens is 5. The number of fused-ring (bicyclic) bond motifs is 1. The summed E-state index contributed by atoms with van der Waals surface area (Å²) in [6.07, 6.45) is 8.32. The fourth-order valence-corrected chi connectivity index (χ4v) is 3.56. The van der Waals surface area contributed by atoms with Gasteiger partial charge in [-0.15, -0.1) is 0 Å². The second-order valence-corrected chi connectivity index (χ2v) is 6.92. The van der Waals surface area contributed by atoms with Gasteiger partial charge in [0, 0.05) is 37.7 Å². The Bertz CT molecular complexity index is 1100. The highest BCUT2D eigenvalue weighted by Crippen LogP contribution is 2.21. The molecule has 0 fully saturated rings. The van der Waals surface area contributed by atoms with Crippen LogP contribution in [0.2, 0.25) is 0 Å². The number of hydrogen-bond acceptors (Lipinski definition) is 3. The van der Waals surface area contributed by atoms with Crippen LogP contribution in [0.25, 0.3) is 11.0 Å². The summed E-state index contributed by atoms with van der Waals surface area (Å²) in [6.45, 7) is 6.63. The fourth-order valence-electron chi connectivity index (χ4n) is 3.56. The van der Waals surface area contributed by atoms with Crippen LogP contribution < -0.4 is 5.49 Å². The maximum absolute atomic E-state index is 8.71. The van der Waals surface area contributed by atoms with Gasteiger partial charge in [-0.1, -0.05) is 30.3 Å². The van der Waals surface area contributed by atoms with Crippen LogP contribution in [0.3, 0.4) is 0 Å². The Balaban J connectivity index is 1.64. The van der Waals surface area contributed by atoms with Gasteiger partial charge in [-0.25, -0.2) is 9.97 Å². The summed E-state index contributed by atoms with van der Waals surface area (Å²) in [4.78, 5) is 8.79. The van der Waals surface area contributed by atoms with Gasteiger partial charge in [0.05, 0.1) is 18.0 Å². The quantitative estimate of drug-likeness (QED) is 0.573. The smallest absolute Gasteiger partial charge is 0.146 e. The van der Waals surface area contributed by atoms with Crippen molar-refractivity contribution in [3.63, 3.8) is 0 Å². The van der Waals surface area contributed by atoms with E-state index in [0.29, 0.717) is 5.49 Å². The van der Waals surface area contributed by atoms with E-state index < -0.39 is 0 Å². The number of benzene rings is 1. The van der Waals surface area contributed by atoms with Crippen LogP contribution in [-0.2, 0) is 19.6 Å². The molecule has 6 heteroatoms. The third-order valence-corrected chi connectivity index (χ3v) is 5.20. The average molecular weight is 360 g/mol. The van der Waals surface area contributed by atoms with E-state index in [1.165, 1.54) is 11.3 Å². The first-order chi connectivity index (χ1) is 13.1. The SMILES string of the molecule is Cc1c(C)n(Cc2ccccc2)c2ncn(CCCn3ccnc3)c(=N)c12. The monoisotopic (exact) mass is 360 g/mol. The number of nitrogens with one attached hydrogen (secondary N) is 1. The first-order valence-electron chi connectivity index (χ1n) is 9.24. The molecule has 3 aromatic heterocycles. The van der Waals surface area contributed by atoms with Gasteiger partial charge in [-0.3, -0.25) is 5.41 Å². The van der Waals surface area contributed by atoms with Crippen LogP contribution in [0.5, 0.6) is 0 Å². The zero-order chi connectivity index (χ0) is 18.8. The van der Waals surface area contributed by atoms with E-state index in [4.69, 9.17) is 10.4 Å². The summed E-state index contributed by atoms with van der Waals surface area (Å²) in [7, 11) is 0. The Kier molecular flexibility index (Phi) is 4.62. The zero-order valence-corrected chi connectivity index (χ0v) is 15.8. The highest BCUT2D eigenvalue weighted by Gasteiger charge is 2.15. The Morgan fingerprint density at radius 1 is 1.04 bits per heavy atom. The maximum Gasteiger partial charge on any atom is 0.146 e. The number of nitrogens with zero attached hydrogens (tertiary/aromatic N) is 5. The molecule has 138 valence electrons. The highest BCUT2D eigenvalue weighted by atomic mass is 15.1. The maximum atomic E-state index is 8.71. The largest absolute Gasteiger partial charge is 0.337 e. The second kappa shape index (κ2) is 7.23. The molecule has 0 aliphatic heterocycles. The summed E-state index contributed by atoms with van der Waals surface area (Å²) in [5, 5.41) is 9.67. The Labute approximate surface area is 158 Å². The molecule has 4 aromatic rings. The minimum Gasteiger partial charge on any atom is -0.337 e. The molecule has 0 radical (unpaired) electrons. The van der Waals surface area contributed by atoms with Gasteiger partial charge in [0.1, 0.15) is 11.1 Å². The lowest BCUT2D eigenvalue weighted by molar-refractivity contribution is 0.543. The van der Waals surface area contributed by atoms with Crippen molar-refractivity contribution in [2.75, 3.05) is 0 Å². The number of aryl methyl sites for hydroxylation is 3. The molecular weight excluding hydrogens is 336 g/mol. The van der Waals surface area contributed by atoms with Crippen LogP contribution in [0.15, 0.2) is 55.4 Å². The molecule has 1 N–H and O–H groups in total. The normalized spacial score (nSPS) is 11.3. The van der Waals surface area contributed by atoms with Gasteiger partial charge in [0.25, 0.3) is 0 Å². The molecule has 0 saturated heterocycles. The predicted molar refractivity (Wildman–Crippen MR) is 105 cm³/mol. The van der Waals surface area contributed by atoms with E-state index in [0.717, 1.165) is 42.7 Å². The van der Waals surface area contributed by atoms with Crippen LogP contribution in [0, 0.1) is 19.3 Å². The van der Waals surface area contributed by atoms with E-state index in [2.05, 4.69) is 52.2 Å². The summed E-state index contributed by atoms with van der Waals surface area (Å²) >= 11 is 0. The Morgan fingerprint density at radius 3 is 2.59 bits per heavy atom. The summed E-state index contributed by atoms with van der Waals surface area (Å²) < 4.78 is 6.22. The molecule has 0 unspecified atom stereocenters. The first kappa shape index (κ1) is 17.3. The molecule has 1 aromatic carbocycles. The van der Waals surface area contributed by atoms with E-state index in [-0.39, 0.29) is 0 Å². The van der Waals surface area contributed by atoms with Crippen LogP contribution in [-0.4, -0.2) is 23.7 Å². The minimum atomic E-state index is 0.540. The number of rotatable bonds is 6. The standard InChI is InChI=1S/C21H24N6/c1-16-17(2)27(13-18-7-4-3-5-8-18)21-19(16)20(22)26(15-24-21)11-6-10-25-12-9-23-14-25/h3-5,7-9,12,14-15,22H,6,10-11,13H2,1-2H3. The van der Waals surface area contributed by atoms with Crippen molar-refractivity contribution in [1.29, 1.82) is 5.41 Å². The van der Waals surface area contributed by atoms with Gasteiger partial charge in [0.2, 0.25) is 0 Å². The van der Waals surface area contributed by atoms with Gasteiger partial charge in [0.15, 0.2) is 0 Å². The van der Waals surface area contributed by atoms with Crippen LogP contribution in [0.1, 0.15) is 23.2 Å². The molecule has 0 aliphatic carbocycles. The van der Waals surface area contributed by atoms with Crippen molar-refractivity contribution in [2.24, 2.45) is 0 Å². The van der Waals surface area contributed by atoms with Crippen molar-refractivity contribution in [1.82, 2.24) is 23.7 Å². The lowest BCUT2D eigenvalue weighted by atomic mass is 10.2. The van der Waals surface area contributed by atoms with Crippen molar-refractivity contribution < 1.29 is 0 Å². The van der Waals surface area contributed by atoms with Crippen LogP contribution >= 0.6 is 0 Å². The number of hydrogen-bond donors (Lipinski definition) is 1. The lowest BCUT2D eigenvalue weighted by Gasteiger charge is -2.10. The summed E-state index contributed by atoms with van der Waals surface area (Å²) in [5.74, 6) is 0. The topological polar surface area (TPSA) is 64.4 Å². The molecule has 0 aliphatic rings. The molecule has 0 atom stereocenters. The third-order valence-electron chi connectivity index (χ3n) is 5.20. The van der Waals surface area contributed by atoms with Crippen molar-refractivity contribution in [2.45, 2.75) is 39.9 Å². The highest BCUT2D eigenvalue weighted by molar-refractivity contribution is 5.80. The van der Waals surface area contributed by atoms with Gasteiger partial charge >= 0.3 is 0 Å². The van der Waals surface area contributed by atoms with Crippen molar-refractivity contribution in [3.05, 3.63) is 77.7 Å². The molecular formula is C21H24N6. The molecule has 0 saturated carbocycles. The lowest BCUT2D eigenvalue weighted by Crippen LogP contribution is -2.22. The third kappa shape index (κ3) is 3.30. The zero-order valence-electron chi connectivity index (χ0n) is 15.8. The fraction of sp³-hybridized carbons (Fsp3) is 0.286. The van der Waals surface area contributed by atoms with Gasteiger partial charge in [-0.2, -0.15) is 0 Å². The number of imidazole rings is 1. The van der Waals surface area contributed by atoms with E-state index in [1.54, 1.807) is 12.5 Å². The van der Waals surface area contributed by atoms with Crippen molar-refractivity contribution in [3.8, 4) is 0 Å². The molecule has 3 heterocycles. The second-order valence-electron chi connectivity index (χ2n) is 6.92. The summed E-state index contributed by atoms with van der Waals surface area (Å²) in [6, 6.07) is 10.4. The van der Waals surface area contributed by atoms with Crippen molar-refractivity contribution >= 4 is 11.0 Å². The van der Waals surface area contributed by atoms with E-state index in [9.17, 15) is 0 Å². The van der Waals surface area contributed by atoms with Crippen LogP contribution in [0.4, 0.5) is 0 Å². The van der Waals surface area contributed by atoms with E-state index >= 15 is 0 Å². The van der Waals surface area contributed by atoms with Gasteiger partial charge < -0.3 is 13.7 Å². The Hall–Kier alpha value is -3.15. The summed E-state index contributed by atoms with van der Waals surface area (Å²) in [5.41, 5.74) is 4.99. The predicted octanol–water partition coefficient (Wildman–Crippen LogP) is 3.27. The molecule has 0 spiro atoms. The Morgan fingerprint density at radius 2 is 1.85 bits per heavy atom. The van der Waals surface area contributed by atoms with E-state index in [1.807, 2.05) is 23.2 Å². The average Bonchev–Trinajstić information content (AvgIpc) is 3.28. The molecule has 6 nitrogen and oxygen atoms in total. The minimum absolute atomic E-state index is 0.540.